The number of aliphatic carboxylic acids is 1. The number of amides is 2. The smallest absolute Gasteiger partial charge is 0.315 e. The molecule has 3 N–H and O–H groups in total. The second-order valence-electron chi connectivity index (χ2n) is 4.00. The topological polar surface area (TPSA) is 85.7 Å². The monoisotopic (exact) mass is 245 g/mol. The van der Waals surface area contributed by atoms with Crippen LogP contribution in [0.25, 0.3) is 0 Å². The van der Waals surface area contributed by atoms with Crippen LogP contribution in [0.1, 0.15) is 27.2 Å². The van der Waals surface area contributed by atoms with E-state index in [1.54, 1.807) is 0 Å². The molecule has 0 fully saturated rings. The molecule has 0 heterocycles. The molecule has 0 spiro atoms. The van der Waals surface area contributed by atoms with E-state index < -0.39 is 18.0 Å². The van der Waals surface area contributed by atoms with Crippen molar-refractivity contribution in [3.05, 3.63) is 0 Å². The number of urea groups is 1. The van der Waals surface area contributed by atoms with Gasteiger partial charge < -0.3 is 25.4 Å². The Bertz CT molecular complexity index is 242. The van der Waals surface area contributed by atoms with Crippen molar-refractivity contribution >= 4 is 12.0 Å². The number of carbonyl (C=O) groups is 2. The Balaban J connectivity index is 3.61. The molecule has 0 aromatic carbocycles. The fourth-order valence-corrected chi connectivity index (χ4v) is 1.45. The molecule has 1 atom stereocenters. The minimum Gasteiger partial charge on any atom is -0.548 e. The number of carboxylic acid groups (broad SMARTS) is 1. The first-order valence-electron chi connectivity index (χ1n) is 6.10. The van der Waals surface area contributed by atoms with Crippen LogP contribution in [0, 0.1) is 0 Å². The molecule has 6 heteroatoms. The van der Waals surface area contributed by atoms with Crippen LogP contribution in [0.2, 0.25) is 0 Å². The summed E-state index contributed by atoms with van der Waals surface area (Å²) < 4.78 is 0. The van der Waals surface area contributed by atoms with E-state index >= 15 is 0 Å². The molecule has 17 heavy (non-hydrogen) atoms. The van der Waals surface area contributed by atoms with E-state index in [1.807, 2.05) is 0 Å². The predicted octanol–water partition coefficient (Wildman–Crippen LogP) is -2.26. The first kappa shape index (κ1) is 15.7. The van der Waals surface area contributed by atoms with Crippen molar-refractivity contribution in [3.63, 3.8) is 0 Å². The number of hydrogen-bond donors (Lipinski definition) is 3. The van der Waals surface area contributed by atoms with Gasteiger partial charge in [-0.15, -0.1) is 0 Å². The molecule has 0 aromatic rings. The number of hydrogen-bond acceptors (Lipinski definition) is 3. The normalized spacial score (nSPS) is 12.2. The second kappa shape index (κ2) is 8.81. The van der Waals surface area contributed by atoms with Crippen molar-refractivity contribution in [2.24, 2.45) is 0 Å². The molecule has 0 saturated carbocycles. The Morgan fingerprint density at radius 1 is 1.29 bits per heavy atom. The van der Waals surface area contributed by atoms with E-state index in [1.165, 1.54) is 11.8 Å². The van der Waals surface area contributed by atoms with Gasteiger partial charge in [-0.2, -0.15) is 0 Å². The van der Waals surface area contributed by atoms with E-state index in [0.717, 1.165) is 26.1 Å². The van der Waals surface area contributed by atoms with Crippen molar-refractivity contribution < 1.29 is 19.6 Å². The Kier molecular flexibility index (Phi) is 8.13. The van der Waals surface area contributed by atoms with E-state index in [0.29, 0.717) is 6.54 Å². The van der Waals surface area contributed by atoms with Crippen molar-refractivity contribution in [2.75, 3.05) is 26.2 Å². The summed E-state index contributed by atoms with van der Waals surface area (Å²) in [7, 11) is 0. The highest BCUT2D eigenvalue weighted by Gasteiger charge is 2.07. The molecule has 100 valence electrons. The minimum atomic E-state index is -1.28. The maximum Gasteiger partial charge on any atom is 0.315 e. The standard InChI is InChI=1S/C11H23N3O3/c1-4-14(5-2)8-6-7-12-11(17)13-9(3)10(15)16/h9H,4-8H2,1-3H3,(H,15,16)(H2,12,13,17)/t9-/m0/s1. The first-order valence-corrected chi connectivity index (χ1v) is 6.10. The number of carboxylic acids is 1. The lowest BCUT2D eigenvalue weighted by Crippen LogP contribution is -3.11. The summed E-state index contributed by atoms with van der Waals surface area (Å²) in [5.41, 5.74) is 0. The SMILES string of the molecule is CC[NH+](CC)CCCNC(=O)N[C@@H](C)C(=O)[O-]. The number of rotatable bonds is 8. The highest BCUT2D eigenvalue weighted by Crippen LogP contribution is 1.78. The third-order valence-corrected chi connectivity index (χ3v) is 2.69. The summed E-state index contributed by atoms with van der Waals surface area (Å²) in [6.07, 6.45) is 0.879. The lowest BCUT2D eigenvalue weighted by atomic mass is 10.3. The second-order valence-corrected chi connectivity index (χ2v) is 4.00. The van der Waals surface area contributed by atoms with Gasteiger partial charge in [-0.3, -0.25) is 0 Å². The minimum absolute atomic E-state index is 0.462. The number of quaternary nitrogens is 1. The van der Waals surface area contributed by atoms with Gasteiger partial charge in [0, 0.05) is 13.0 Å². The number of nitrogens with one attached hydrogen (secondary N) is 3. The lowest BCUT2D eigenvalue weighted by molar-refractivity contribution is -0.896. The molecule has 0 aliphatic rings. The van der Waals surface area contributed by atoms with E-state index in [2.05, 4.69) is 24.5 Å². The van der Waals surface area contributed by atoms with Crippen LogP contribution in [0.3, 0.4) is 0 Å². The Morgan fingerprint density at radius 2 is 1.88 bits per heavy atom. The van der Waals surface area contributed by atoms with Crippen LogP contribution in [-0.4, -0.2) is 44.2 Å². The third-order valence-electron chi connectivity index (χ3n) is 2.69. The van der Waals surface area contributed by atoms with Gasteiger partial charge >= 0.3 is 6.03 Å². The maximum atomic E-state index is 11.2. The molecular weight excluding hydrogens is 222 g/mol. The summed E-state index contributed by atoms with van der Waals surface area (Å²) in [5, 5.41) is 15.3. The Hall–Kier alpha value is -1.30. The quantitative estimate of drug-likeness (QED) is 0.422. The molecule has 0 saturated heterocycles. The summed E-state index contributed by atoms with van der Waals surface area (Å²) in [4.78, 5) is 23.1. The van der Waals surface area contributed by atoms with Gasteiger partial charge in [0.2, 0.25) is 0 Å². The molecule has 6 nitrogen and oxygen atoms in total. The fraction of sp³-hybridized carbons (Fsp3) is 0.818. The zero-order valence-corrected chi connectivity index (χ0v) is 10.8. The molecule has 0 bridgehead atoms. The number of carbonyl (C=O) groups excluding carboxylic acids is 2. The predicted molar refractivity (Wildman–Crippen MR) is 62.5 cm³/mol. The average Bonchev–Trinajstić information content (AvgIpc) is 2.29. The molecule has 0 aromatic heterocycles. The summed E-state index contributed by atoms with van der Waals surface area (Å²) in [6, 6.07) is -1.43. The van der Waals surface area contributed by atoms with E-state index in [9.17, 15) is 14.7 Å². The van der Waals surface area contributed by atoms with Gasteiger partial charge in [0.15, 0.2) is 0 Å². The molecule has 0 rings (SSSR count). The molecule has 0 aliphatic heterocycles. The van der Waals surface area contributed by atoms with Gasteiger partial charge in [-0.05, 0) is 20.8 Å². The third kappa shape index (κ3) is 7.57. The van der Waals surface area contributed by atoms with Gasteiger partial charge in [-0.25, -0.2) is 4.79 Å². The zero-order valence-electron chi connectivity index (χ0n) is 10.8. The van der Waals surface area contributed by atoms with Crippen LogP contribution in [0.15, 0.2) is 0 Å². The largest absolute Gasteiger partial charge is 0.548 e. The van der Waals surface area contributed by atoms with Gasteiger partial charge in [0.25, 0.3) is 0 Å². The lowest BCUT2D eigenvalue weighted by Gasteiger charge is -2.17. The van der Waals surface area contributed by atoms with Crippen molar-refractivity contribution in [1.29, 1.82) is 0 Å². The first-order chi connectivity index (χ1) is 8.01. The van der Waals surface area contributed by atoms with E-state index in [4.69, 9.17) is 0 Å². The Labute approximate surface area is 102 Å². The molecule has 0 unspecified atom stereocenters. The summed E-state index contributed by atoms with van der Waals surface area (Å²) in [6.45, 7) is 9.32. The highest BCUT2D eigenvalue weighted by atomic mass is 16.4. The summed E-state index contributed by atoms with van der Waals surface area (Å²) >= 11 is 0. The molecule has 0 aliphatic carbocycles. The van der Waals surface area contributed by atoms with E-state index in [-0.39, 0.29) is 0 Å². The van der Waals surface area contributed by atoms with Crippen molar-refractivity contribution in [1.82, 2.24) is 10.6 Å². The van der Waals surface area contributed by atoms with Gasteiger partial charge in [0.05, 0.1) is 31.6 Å². The van der Waals surface area contributed by atoms with Crippen LogP contribution < -0.4 is 20.6 Å². The van der Waals surface area contributed by atoms with Crippen LogP contribution in [0.4, 0.5) is 4.79 Å². The fourth-order valence-electron chi connectivity index (χ4n) is 1.45. The Morgan fingerprint density at radius 3 is 2.35 bits per heavy atom. The maximum absolute atomic E-state index is 11.2. The molecule has 0 radical (unpaired) electrons. The van der Waals surface area contributed by atoms with Gasteiger partial charge in [-0.1, -0.05) is 0 Å². The zero-order chi connectivity index (χ0) is 13.3. The van der Waals surface area contributed by atoms with Gasteiger partial charge in [0.1, 0.15) is 0 Å². The van der Waals surface area contributed by atoms with Crippen molar-refractivity contribution in [2.45, 2.75) is 33.2 Å². The molecule has 2 amide bonds. The molecular formula is C11H23N3O3. The highest BCUT2D eigenvalue weighted by molar-refractivity contribution is 5.81. The summed E-state index contributed by atoms with van der Waals surface area (Å²) in [5.74, 6) is -1.28. The van der Waals surface area contributed by atoms with Crippen LogP contribution in [0.5, 0.6) is 0 Å². The average molecular weight is 245 g/mol. The van der Waals surface area contributed by atoms with Crippen LogP contribution in [-0.2, 0) is 4.79 Å². The van der Waals surface area contributed by atoms with Crippen LogP contribution >= 0.6 is 0 Å². The van der Waals surface area contributed by atoms with Crippen molar-refractivity contribution in [3.8, 4) is 0 Å².